The van der Waals surface area contributed by atoms with Crippen molar-refractivity contribution in [3.8, 4) is 0 Å². The summed E-state index contributed by atoms with van der Waals surface area (Å²) in [6.45, 7) is 5.21. The van der Waals surface area contributed by atoms with Gasteiger partial charge < -0.3 is 19.1 Å². The molecule has 0 aromatic carbocycles. The second-order valence-electron chi connectivity index (χ2n) is 8.04. The molecule has 0 radical (unpaired) electrons. The fourth-order valence-electron chi connectivity index (χ4n) is 4.83. The predicted octanol–water partition coefficient (Wildman–Crippen LogP) is 1.10. The van der Waals surface area contributed by atoms with Gasteiger partial charge in [-0.2, -0.15) is 4.98 Å². The summed E-state index contributed by atoms with van der Waals surface area (Å²) in [6, 6.07) is 3.79. The number of hydrogen-bond acceptors (Lipinski definition) is 7. The van der Waals surface area contributed by atoms with Crippen molar-refractivity contribution in [3.05, 3.63) is 54.0 Å². The van der Waals surface area contributed by atoms with Crippen molar-refractivity contribution in [3.63, 3.8) is 0 Å². The first-order valence-electron chi connectivity index (χ1n) is 10.1. The van der Waals surface area contributed by atoms with Crippen molar-refractivity contribution >= 4 is 11.8 Å². The molecule has 2 bridgehead atoms. The quantitative estimate of drug-likeness (QED) is 0.659. The van der Waals surface area contributed by atoms with Crippen molar-refractivity contribution in [2.75, 3.05) is 13.1 Å². The van der Waals surface area contributed by atoms with Crippen LogP contribution in [0, 0.1) is 18.8 Å². The molecule has 3 aliphatic heterocycles. The molecule has 2 fully saturated rings. The Morgan fingerprint density at radius 3 is 3.00 bits per heavy atom. The van der Waals surface area contributed by atoms with E-state index in [0.717, 1.165) is 5.56 Å². The zero-order valence-corrected chi connectivity index (χ0v) is 16.9. The summed E-state index contributed by atoms with van der Waals surface area (Å²) in [5.41, 5.74) is 0.218. The second-order valence-corrected chi connectivity index (χ2v) is 8.04. The predicted molar refractivity (Wildman–Crippen MR) is 104 cm³/mol. The van der Waals surface area contributed by atoms with E-state index in [9.17, 15) is 9.59 Å². The van der Waals surface area contributed by atoms with E-state index in [1.807, 2.05) is 31.2 Å². The maximum atomic E-state index is 13.5. The Kier molecular flexibility index (Phi) is 4.43. The molecule has 0 saturated carbocycles. The number of aromatic nitrogens is 3. The lowest BCUT2D eigenvalue weighted by Crippen LogP contribution is -2.45. The molecule has 4 atom stereocenters. The highest BCUT2D eigenvalue weighted by Crippen LogP contribution is 2.52. The highest BCUT2D eigenvalue weighted by atomic mass is 16.5. The molecule has 2 saturated heterocycles. The average Bonchev–Trinajstić information content (AvgIpc) is 3.48. The summed E-state index contributed by atoms with van der Waals surface area (Å²) in [5, 5.41) is 3.79. The first kappa shape index (κ1) is 18.9. The Balaban J connectivity index is 1.38. The molecule has 5 rings (SSSR count). The lowest BCUT2D eigenvalue weighted by atomic mass is 9.76. The lowest BCUT2D eigenvalue weighted by Gasteiger charge is -2.28. The molecule has 0 N–H and O–H groups in total. The van der Waals surface area contributed by atoms with Gasteiger partial charge in [0, 0.05) is 25.5 Å². The summed E-state index contributed by atoms with van der Waals surface area (Å²) >= 11 is 0. The number of nitrogens with zero attached hydrogens (tertiary/aromatic N) is 5. The van der Waals surface area contributed by atoms with Gasteiger partial charge in [-0.1, -0.05) is 23.4 Å². The van der Waals surface area contributed by atoms with E-state index in [2.05, 4.69) is 15.1 Å². The topological polar surface area (TPSA) is 102 Å². The number of carbonyl (C=O) groups excluding carboxylic acids is 2. The Morgan fingerprint density at radius 1 is 1.43 bits per heavy atom. The van der Waals surface area contributed by atoms with Gasteiger partial charge in [0.25, 0.3) is 0 Å². The van der Waals surface area contributed by atoms with E-state index in [1.165, 1.54) is 0 Å². The SMILES string of the molecule is CCN(Cc1nc(C)no1)C(=O)[C@H]1[C@@H]2C=C[C@@]3(CN(Cc4cccnc4)C(=O)[C@@H]13)O2. The average molecular weight is 409 g/mol. The van der Waals surface area contributed by atoms with Crippen LogP contribution in [0.5, 0.6) is 0 Å². The van der Waals surface area contributed by atoms with Gasteiger partial charge in [0.15, 0.2) is 5.82 Å². The van der Waals surface area contributed by atoms with Crippen molar-refractivity contribution in [1.82, 2.24) is 24.9 Å². The van der Waals surface area contributed by atoms with Crippen molar-refractivity contribution in [1.29, 1.82) is 0 Å². The molecular weight excluding hydrogens is 386 g/mol. The fourth-order valence-corrected chi connectivity index (χ4v) is 4.83. The van der Waals surface area contributed by atoms with Gasteiger partial charge in [-0.05, 0) is 25.5 Å². The standard InChI is InChI=1S/C21H23N5O4/c1-3-25(11-16-23-13(2)24-30-16)19(27)17-15-6-7-21(29-15)12-26(20(28)18(17)21)10-14-5-4-8-22-9-14/h4-9,15,17-18H,3,10-12H2,1-2H3/t15-,17-,18+,21-/m0/s1. The molecule has 1 spiro atoms. The third-order valence-electron chi connectivity index (χ3n) is 6.15. The number of amides is 2. The van der Waals surface area contributed by atoms with Crippen LogP contribution in [0.1, 0.15) is 24.2 Å². The molecule has 30 heavy (non-hydrogen) atoms. The molecule has 0 aliphatic carbocycles. The van der Waals surface area contributed by atoms with Gasteiger partial charge in [-0.15, -0.1) is 0 Å². The van der Waals surface area contributed by atoms with Gasteiger partial charge in [-0.3, -0.25) is 14.6 Å². The van der Waals surface area contributed by atoms with Crippen LogP contribution in [0.25, 0.3) is 0 Å². The second kappa shape index (κ2) is 7.02. The Bertz CT molecular complexity index is 1010. The smallest absolute Gasteiger partial charge is 0.246 e. The van der Waals surface area contributed by atoms with Gasteiger partial charge in [0.05, 0.1) is 31.0 Å². The monoisotopic (exact) mass is 409 g/mol. The van der Waals surface area contributed by atoms with Gasteiger partial charge in [0.2, 0.25) is 17.7 Å². The van der Waals surface area contributed by atoms with Crippen molar-refractivity contribution in [2.45, 2.75) is 38.6 Å². The summed E-state index contributed by atoms with van der Waals surface area (Å²) in [7, 11) is 0. The maximum absolute atomic E-state index is 13.5. The van der Waals surface area contributed by atoms with E-state index >= 15 is 0 Å². The molecule has 9 heteroatoms. The molecular formula is C21H23N5O4. The van der Waals surface area contributed by atoms with Crippen molar-refractivity contribution in [2.24, 2.45) is 11.8 Å². The van der Waals surface area contributed by atoms with E-state index < -0.39 is 17.4 Å². The summed E-state index contributed by atoms with van der Waals surface area (Å²) < 4.78 is 11.4. The summed E-state index contributed by atoms with van der Waals surface area (Å²) in [5.74, 6) is -0.330. The molecule has 3 aliphatic rings. The number of aryl methyl sites for hydroxylation is 1. The van der Waals surface area contributed by atoms with Gasteiger partial charge in [-0.25, -0.2) is 0 Å². The van der Waals surface area contributed by atoms with Crippen LogP contribution in [0.3, 0.4) is 0 Å². The summed E-state index contributed by atoms with van der Waals surface area (Å²) in [4.78, 5) is 38.6. The van der Waals surface area contributed by atoms with Crippen LogP contribution in [-0.4, -0.2) is 61.5 Å². The molecule has 156 valence electrons. The van der Waals surface area contributed by atoms with Gasteiger partial charge in [0.1, 0.15) is 5.60 Å². The maximum Gasteiger partial charge on any atom is 0.246 e. The van der Waals surface area contributed by atoms with Crippen molar-refractivity contribution < 1.29 is 18.8 Å². The van der Waals surface area contributed by atoms with Crippen LogP contribution < -0.4 is 0 Å². The van der Waals surface area contributed by atoms with E-state index in [4.69, 9.17) is 9.26 Å². The molecule has 2 aromatic heterocycles. The normalized spacial score (nSPS) is 28.9. The first-order chi connectivity index (χ1) is 14.5. The summed E-state index contributed by atoms with van der Waals surface area (Å²) in [6.07, 6.45) is 6.96. The first-order valence-corrected chi connectivity index (χ1v) is 10.1. The zero-order chi connectivity index (χ0) is 20.9. The Labute approximate surface area is 173 Å². The minimum Gasteiger partial charge on any atom is -0.360 e. The van der Waals surface area contributed by atoms with Crippen LogP contribution in [0.15, 0.2) is 41.2 Å². The minimum absolute atomic E-state index is 0.0475. The van der Waals surface area contributed by atoms with Crippen LogP contribution in [0.2, 0.25) is 0 Å². The number of likely N-dealkylation sites (tertiary alicyclic amines) is 1. The van der Waals surface area contributed by atoms with Crippen LogP contribution in [-0.2, 0) is 27.4 Å². The van der Waals surface area contributed by atoms with Gasteiger partial charge >= 0.3 is 0 Å². The minimum atomic E-state index is -0.731. The third-order valence-corrected chi connectivity index (χ3v) is 6.15. The van der Waals surface area contributed by atoms with E-state index in [0.29, 0.717) is 31.3 Å². The molecule has 2 aromatic rings. The number of rotatable bonds is 6. The molecule has 5 heterocycles. The highest BCUT2D eigenvalue weighted by molar-refractivity contribution is 5.93. The molecule has 0 unspecified atom stereocenters. The molecule has 2 amide bonds. The third kappa shape index (κ3) is 2.92. The lowest BCUT2D eigenvalue weighted by molar-refractivity contribution is -0.144. The number of fused-ring (bicyclic) bond motifs is 1. The fraction of sp³-hybridized carbons (Fsp3) is 0.476. The largest absolute Gasteiger partial charge is 0.360 e. The zero-order valence-electron chi connectivity index (χ0n) is 16.9. The number of carbonyl (C=O) groups is 2. The van der Waals surface area contributed by atoms with E-state index in [1.54, 1.807) is 29.1 Å². The van der Waals surface area contributed by atoms with E-state index in [-0.39, 0.29) is 24.5 Å². The molecule has 9 nitrogen and oxygen atoms in total. The highest BCUT2D eigenvalue weighted by Gasteiger charge is 2.67. The van der Waals surface area contributed by atoms with Crippen LogP contribution >= 0.6 is 0 Å². The van der Waals surface area contributed by atoms with Crippen LogP contribution in [0.4, 0.5) is 0 Å². The number of ether oxygens (including phenoxy) is 1. The number of hydrogen-bond donors (Lipinski definition) is 0. The Morgan fingerprint density at radius 2 is 2.30 bits per heavy atom. The Hall–Kier alpha value is -3.07. The number of pyridine rings is 1.